The number of nitrogens with zero attached hydrogens (tertiary/aromatic N) is 1. The predicted octanol–water partition coefficient (Wildman–Crippen LogP) is 3.00. The van der Waals surface area contributed by atoms with Gasteiger partial charge in [0.15, 0.2) is 0 Å². The van der Waals surface area contributed by atoms with Gasteiger partial charge in [-0.1, -0.05) is 18.6 Å². The summed E-state index contributed by atoms with van der Waals surface area (Å²) in [6.07, 6.45) is 2.93. The van der Waals surface area contributed by atoms with E-state index in [2.05, 4.69) is 10.3 Å². The maximum absolute atomic E-state index is 12.7. The van der Waals surface area contributed by atoms with Crippen molar-refractivity contribution in [2.45, 2.75) is 37.2 Å². The molecule has 8 heteroatoms. The highest BCUT2D eigenvalue weighted by atomic mass is 32.2. The molecule has 31 heavy (non-hydrogen) atoms. The number of ether oxygens (including phenoxy) is 1. The Kier molecular flexibility index (Phi) is 6.41. The molecule has 2 heterocycles. The average Bonchev–Trinajstić information content (AvgIpc) is 2.80. The molecule has 3 aromatic rings. The van der Waals surface area contributed by atoms with Crippen molar-refractivity contribution < 1.29 is 13.2 Å². The molecule has 4 rings (SSSR count). The molecule has 0 atom stereocenters. The predicted molar refractivity (Wildman–Crippen MR) is 121 cm³/mol. The number of rotatable bonds is 7. The number of piperidine rings is 1. The number of benzene rings is 2. The summed E-state index contributed by atoms with van der Waals surface area (Å²) in [5.74, 6) is 0.694. The van der Waals surface area contributed by atoms with Gasteiger partial charge < -0.3 is 15.0 Å². The van der Waals surface area contributed by atoms with Crippen LogP contribution < -0.4 is 15.6 Å². The van der Waals surface area contributed by atoms with Crippen LogP contribution in [0.3, 0.4) is 0 Å². The minimum absolute atomic E-state index is 0.142. The largest absolute Gasteiger partial charge is 0.497 e. The Morgan fingerprint density at radius 3 is 2.45 bits per heavy atom. The van der Waals surface area contributed by atoms with E-state index >= 15 is 0 Å². The molecule has 1 aliphatic heterocycles. The fraction of sp³-hybridized carbons (Fsp3) is 0.348. The van der Waals surface area contributed by atoms with Crippen LogP contribution in [-0.2, 0) is 23.1 Å². The minimum atomic E-state index is -3.42. The van der Waals surface area contributed by atoms with Crippen molar-refractivity contribution >= 4 is 20.9 Å². The third-order valence-corrected chi connectivity index (χ3v) is 7.56. The number of aromatic nitrogens is 1. The van der Waals surface area contributed by atoms with Crippen molar-refractivity contribution in [3.63, 3.8) is 0 Å². The van der Waals surface area contributed by atoms with Crippen molar-refractivity contribution in [3.05, 3.63) is 70.0 Å². The van der Waals surface area contributed by atoms with Crippen molar-refractivity contribution in [2.75, 3.05) is 20.2 Å². The summed E-state index contributed by atoms with van der Waals surface area (Å²) < 4.78 is 32.3. The smallest absolute Gasteiger partial charge is 0.252 e. The standard InChI is InChI=1S/C23H27N3O4S/c1-30-20-8-7-18-13-19(23(27)25-22(18)14-20)16-24-15-17-5-9-21(10-6-17)31(28,29)26-11-3-2-4-12-26/h5-10,13-14,24H,2-4,11-12,15-16H2,1H3,(H,25,27). The molecule has 7 nitrogen and oxygen atoms in total. The van der Waals surface area contributed by atoms with Gasteiger partial charge in [0, 0.05) is 37.8 Å². The van der Waals surface area contributed by atoms with E-state index < -0.39 is 10.0 Å². The highest BCUT2D eigenvalue weighted by Crippen LogP contribution is 2.21. The molecule has 1 fully saturated rings. The van der Waals surface area contributed by atoms with Gasteiger partial charge in [-0.25, -0.2) is 8.42 Å². The zero-order valence-corrected chi connectivity index (χ0v) is 18.4. The number of pyridine rings is 1. The summed E-state index contributed by atoms with van der Waals surface area (Å²) in [4.78, 5) is 15.6. The number of methoxy groups -OCH3 is 1. The van der Waals surface area contributed by atoms with Gasteiger partial charge in [0.05, 0.1) is 17.5 Å². The van der Waals surface area contributed by atoms with E-state index in [1.807, 2.05) is 30.3 Å². The Morgan fingerprint density at radius 1 is 1.00 bits per heavy atom. The molecule has 164 valence electrons. The molecular formula is C23H27N3O4S. The highest BCUT2D eigenvalue weighted by molar-refractivity contribution is 7.89. The molecule has 0 saturated carbocycles. The lowest BCUT2D eigenvalue weighted by atomic mass is 10.1. The normalized spacial score (nSPS) is 15.3. The fourth-order valence-electron chi connectivity index (χ4n) is 3.86. The third kappa shape index (κ3) is 4.81. The summed E-state index contributed by atoms with van der Waals surface area (Å²) in [5, 5.41) is 4.20. The van der Waals surface area contributed by atoms with Crippen LogP contribution in [0.4, 0.5) is 0 Å². The molecule has 0 radical (unpaired) electrons. The summed E-state index contributed by atoms with van der Waals surface area (Å²) in [6.45, 7) is 2.13. The summed E-state index contributed by atoms with van der Waals surface area (Å²) in [7, 11) is -1.82. The Morgan fingerprint density at radius 2 is 1.74 bits per heavy atom. The first-order chi connectivity index (χ1) is 15.0. The van der Waals surface area contributed by atoms with Gasteiger partial charge in [-0.05, 0) is 54.1 Å². The topological polar surface area (TPSA) is 91.5 Å². The quantitative estimate of drug-likeness (QED) is 0.588. The first-order valence-corrected chi connectivity index (χ1v) is 11.9. The molecule has 0 spiro atoms. The highest BCUT2D eigenvalue weighted by Gasteiger charge is 2.25. The average molecular weight is 442 g/mol. The van der Waals surface area contributed by atoms with Gasteiger partial charge in [-0.15, -0.1) is 0 Å². The molecule has 2 N–H and O–H groups in total. The number of fused-ring (bicyclic) bond motifs is 1. The van der Waals surface area contributed by atoms with Crippen molar-refractivity contribution in [1.29, 1.82) is 0 Å². The zero-order chi connectivity index (χ0) is 21.8. The van der Waals surface area contributed by atoms with E-state index in [0.717, 1.165) is 35.7 Å². The fourth-order valence-corrected chi connectivity index (χ4v) is 5.38. The monoisotopic (exact) mass is 441 g/mol. The lowest BCUT2D eigenvalue weighted by molar-refractivity contribution is 0.346. The lowest BCUT2D eigenvalue weighted by Crippen LogP contribution is -2.35. The van der Waals surface area contributed by atoms with Gasteiger partial charge in [-0.3, -0.25) is 4.79 Å². The van der Waals surface area contributed by atoms with Gasteiger partial charge in [0.1, 0.15) is 5.75 Å². The number of nitrogens with one attached hydrogen (secondary N) is 2. The second-order valence-electron chi connectivity index (χ2n) is 7.79. The maximum atomic E-state index is 12.7. The number of H-pyrrole nitrogens is 1. The molecule has 0 bridgehead atoms. The van der Waals surface area contributed by atoms with Gasteiger partial charge >= 0.3 is 0 Å². The summed E-state index contributed by atoms with van der Waals surface area (Å²) in [5.41, 5.74) is 2.19. The van der Waals surface area contributed by atoms with E-state index in [9.17, 15) is 13.2 Å². The van der Waals surface area contributed by atoms with Crippen LogP contribution >= 0.6 is 0 Å². The van der Waals surface area contributed by atoms with Crippen LogP contribution in [0.1, 0.15) is 30.4 Å². The molecule has 1 aromatic heterocycles. The van der Waals surface area contributed by atoms with Crippen LogP contribution in [0.25, 0.3) is 10.9 Å². The summed E-state index contributed by atoms with van der Waals surface area (Å²) in [6, 6.07) is 14.4. The molecule has 2 aromatic carbocycles. The first-order valence-electron chi connectivity index (χ1n) is 10.5. The van der Waals surface area contributed by atoms with E-state index in [1.54, 1.807) is 29.6 Å². The van der Waals surface area contributed by atoms with Crippen LogP contribution in [-0.4, -0.2) is 37.9 Å². The Hall–Kier alpha value is -2.68. The van der Waals surface area contributed by atoms with E-state index in [0.29, 0.717) is 42.4 Å². The Bertz CT molecular complexity index is 1210. The minimum Gasteiger partial charge on any atom is -0.497 e. The second kappa shape index (κ2) is 9.21. The number of sulfonamides is 1. The van der Waals surface area contributed by atoms with E-state index in [1.165, 1.54) is 0 Å². The van der Waals surface area contributed by atoms with Gasteiger partial charge in [0.25, 0.3) is 5.56 Å². The third-order valence-electron chi connectivity index (χ3n) is 5.65. The number of hydrogen-bond acceptors (Lipinski definition) is 5. The van der Waals surface area contributed by atoms with Gasteiger partial charge in [-0.2, -0.15) is 4.31 Å². The molecule has 0 amide bonds. The van der Waals surface area contributed by atoms with E-state index in [4.69, 9.17) is 4.74 Å². The SMILES string of the molecule is COc1ccc2cc(CNCc3ccc(S(=O)(=O)N4CCCCC4)cc3)c(=O)[nH]c2c1. The second-order valence-corrected chi connectivity index (χ2v) is 9.73. The van der Waals surface area contributed by atoms with E-state index in [-0.39, 0.29) is 5.56 Å². The van der Waals surface area contributed by atoms with Crippen molar-refractivity contribution in [2.24, 2.45) is 0 Å². The van der Waals surface area contributed by atoms with Gasteiger partial charge in [0.2, 0.25) is 10.0 Å². The lowest BCUT2D eigenvalue weighted by Gasteiger charge is -2.25. The van der Waals surface area contributed by atoms with Crippen LogP contribution in [0.15, 0.2) is 58.2 Å². The van der Waals surface area contributed by atoms with Crippen LogP contribution in [0.5, 0.6) is 5.75 Å². The number of aromatic amines is 1. The number of hydrogen-bond donors (Lipinski definition) is 2. The van der Waals surface area contributed by atoms with Crippen molar-refractivity contribution in [3.8, 4) is 5.75 Å². The molecule has 1 aliphatic rings. The molecule has 0 aliphatic carbocycles. The molecule has 1 saturated heterocycles. The van der Waals surface area contributed by atoms with Crippen molar-refractivity contribution in [1.82, 2.24) is 14.6 Å². The maximum Gasteiger partial charge on any atom is 0.252 e. The first kappa shape index (κ1) is 21.5. The summed E-state index contributed by atoms with van der Waals surface area (Å²) >= 11 is 0. The van der Waals surface area contributed by atoms with Crippen LogP contribution in [0.2, 0.25) is 0 Å². The Balaban J connectivity index is 1.40. The Labute approximate surface area is 182 Å². The zero-order valence-electron chi connectivity index (χ0n) is 17.6. The molecular weight excluding hydrogens is 414 g/mol. The van der Waals surface area contributed by atoms with Crippen LogP contribution in [0, 0.1) is 0 Å². The molecule has 0 unspecified atom stereocenters.